The van der Waals surface area contributed by atoms with E-state index in [9.17, 15) is 14.7 Å². The molecular weight excluding hydrogens is 236 g/mol. The van der Waals surface area contributed by atoms with Crippen molar-refractivity contribution in [1.29, 1.82) is 0 Å². The van der Waals surface area contributed by atoms with Gasteiger partial charge in [0.2, 0.25) is 0 Å². The monoisotopic (exact) mass is 256 g/mol. The van der Waals surface area contributed by atoms with Crippen LogP contribution < -0.4 is 0 Å². The molecule has 0 aliphatic heterocycles. The lowest BCUT2D eigenvalue weighted by atomic mass is 10.2. The maximum absolute atomic E-state index is 11.4. The highest BCUT2D eigenvalue weighted by atomic mass is 16.6. The minimum atomic E-state index is -0.633. The zero-order valence-electron chi connectivity index (χ0n) is 11.0. The molecule has 5 nitrogen and oxygen atoms in total. The van der Waals surface area contributed by atoms with Crippen molar-refractivity contribution in [2.24, 2.45) is 0 Å². The van der Waals surface area contributed by atoms with Crippen molar-refractivity contribution in [3.8, 4) is 0 Å². The van der Waals surface area contributed by atoms with Crippen LogP contribution in [0.4, 0.5) is 0 Å². The van der Waals surface area contributed by atoms with E-state index in [4.69, 9.17) is 9.47 Å². The predicted octanol–water partition coefficient (Wildman–Crippen LogP) is 1.34. The number of carbonyl (C=O) groups is 2. The average molecular weight is 256 g/mol. The Labute approximate surface area is 107 Å². The van der Waals surface area contributed by atoms with Crippen LogP contribution in [0.5, 0.6) is 0 Å². The first kappa shape index (κ1) is 14.7. The van der Waals surface area contributed by atoms with Crippen LogP contribution in [0.1, 0.15) is 40.0 Å². The summed E-state index contributed by atoms with van der Waals surface area (Å²) in [6, 6.07) is 0. The second-order valence-corrected chi connectivity index (χ2v) is 5.34. The van der Waals surface area contributed by atoms with Crippen molar-refractivity contribution in [2.75, 3.05) is 0 Å². The lowest BCUT2D eigenvalue weighted by molar-refractivity contribution is -0.150. The first-order valence-corrected chi connectivity index (χ1v) is 6.08. The third kappa shape index (κ3) is 5.31. The van der Waals surface area contributed by atoms with Crippen molar-refractivity contribution < 1.29 is 24.2 Å². The van der Waals surface area contributed by atoms with Crippen molar-refractivity contribution in [3.63, 3.8) is 0 Å². The summed E-state index contributed by atoms with van der Waals surface area (Å²) in [5, 5.41) is 9.48. The highest BCUT2D eigenvalue weighted by Gasteiger charge is 2.28. The van der Waals surface area contributed by atoms with Crippen LogP contribution in [0.25, 0.3) is 0 Å². The number of ether oxygens (including phenoxy) is 2. The molecule has 1 N–H and O–H groups in total. The molecule has 0 bridgehead atoms. The molecule has 0 aromatic rings. The van der Waals surface area contributed by atoms with Crippen LogP contribution in [0.3, 0.4) is 0 Å². The van der Waals surface area contributed by atoms with E-state index in [1.807, 2.05) is 0 Å². The fraction of sp³-hybridized carbons (Fsp3) is 0.692. The fourth-order valence-electron chi connectivity index (χ4n) is 1.70. The minimum Gasteiger partial charge on any atom is -0.457 e. The van der Waals surface area contributed by atoms with Crippen molar-refractivity contribution >= 4 is 11.9 Å². The Morgan fingerprint density at radius 1 is 1.17 bits per heavy atom. The van der Waals surface area contributed by atoms with E-state index in [2.05, 4.69) is 0 Å². The summed E-state index contributed by atoms with van der Waals surface area (Å²) in [6.45, 7) is 5.23. The maximum atomic E-state index is 11.4. The molecule has 0 spiro atoms. The van der Waals surface area contributed by atoms with Gasteiger partial charge in [-0.15, -0.1) is 0 Å². The van der Waals surface area contributed by atoms with Gasteiger partial charge >= 0.3 is 11.9 Å². The SMILES string of the molecule is CC(C)(C)OC(=O)/C=C/C(=O)O[C@H]1CCC[C@H]1O. The van der Waals surface area contributed by atoms with Crippen LogP contribution in [0.15, 0.2) is 12.2 Å². The van der Waals surface area contributed by atoms with Gasteiger partial charge in [0.25, 0.3) is 0 Å². The molecule has 1 aliphatic carbocycles. The van der Waals surface area contributed by atoms with Crippen LogP contribution in [0.2, 0.25) is 0 Å². The molecule has 0 heterocycles. The first-order chi connectivity index (χ1) is 8.28. The van der Waals surface area contributed by atoms with Crippen LogP contribution in [-0.4, -0.2) is 34.9 Å². The molecule has 2 atom stereocenters. The van der Waals surface area contributed by atoms with E-state index >= 15 is 0 Å². The van der Waals surface area contributed by atoms with Gasteiger partial charge in [0.05, 0.1) is 6.10 Å². The van der Waals surface area contributed by atoms with Gasteiger partial charge in [0, 0.05) is 12.2 Å². The summed E-state index contributed by atoms with van der Waals surface area (Å²) < 4.78 is 10.0. The van der Waals surface area contributed by atoms with Gasteiger partial charge in [-0.2, -0.15) is 0 Å². The van der Waals surface area contributed by atoms with Crippen molar-refractivity contribution in [1.82, 2.24) is 0 Å². The highest BCUT2D eigenvalue weighted by molar-refractivity contribution is 5.91. The van der Waals surface area contributed by atoms with Gasteiger partial charge in [0.1, 0.15) is 11.7 Å². The largest absolute Gasteiger partial charge is 0.457 e. The Hall–Kier alpha value is -1.36. The molecule has 5 heteroatoms. The minimum absolute atomic E-state index is 0.458. The summed E-state index contributed by atoms with van der Waals surface area (Å²) >= 11 is 0. The number of esters is 2. The van der Waals surface area contributed by atoms with Crippen molar-refractivity contribution in [2.45, 2.75) is 57.8 Å². The van der Waals surface area contributed by atoms with E-state index in [1.54, 1.807) is 20.8 Å². The van der Waals surface area contributed by atoms with E-state index in [0.717, 1.165) is 18.6 Å². The summed E-state index contributed by atoms with van der Waals surface area (Å²) in [4.78, 5) is 22.7. The van der Waals surface area contributed by atoms with Gasteiger partial charge in [-0.25, -0.2) is 9.59 Å². The predicted molar refractivity (Wildman–Crippen MR) is 64.7 cm³/mol. The molecule has 0 aromatic heterocycles. The quantitative estimate of drug-likeness (QED) is 0.609. The standard InChI is InChI=1S/C13H20O5/c1-13(2,3)18-12(16)8-7-11(15)17-10-6-4-5-9(10)14/h7-10,14H,4-6H2,1-3H3/b8-7+/t9-,10+/m1/s1. The normalized spacial score (nSPS) is 24.2. The molecule has 1 saturated carbocycles. The Balaban J connectivity index is 2.37. The van der Waals surface area contributed by atoms with Gasteiger partial charge < -0.3 is 14.6 Å². The molecule has 102 valence electrons. The number of hydrogen-bond donors (Lipinski definition) is 1. The molecule has 18 heavy (non-hydrogen) atoms. The van der Waals surface area contributed by atoms with Gasteiger partial charge in [-0.05, 0) is 40.0 Å². The number of aliphatic hydroxyl groups excluding tert-OH is 1. The number of rotatable bonds is 3. The highest BCUT2D eigenvalue weighted by Crippen LogP contribution is 2.21. The lowest BCUT2D eigenvalue weighted by Gasteiger charge is -2.18. The average Bonchev–Trinajstić information content (AvgIpc) is 2.59. The second kappa shape index (κ2) is 6.00. The molecule has 1 rings (SSSR count). The number of hydrogen-bond acceptors (Lipinski definition) is 5. The van der Waals surface area contributed by atoms with Crippen LogP contribution in [0, 0.1) is 0 Å². The molecule has 0 saturated heterocycles. The second-order valence-electron chi connectivity index (χ2n) is 5.34. The van der Waals surface area contributed by atoms with Crippen LogP contribution in [-0.2, 0) is 19.1 Å². The lowest BCUT2D eigenvalue weighted by Crippen LogP contribution is -2.25. The van der Waals surface area contributed by atoms with E-state index in [-0.39, 0.29) is 0 Å². The molecular formula is C13H20O5. The fourth-order valence-corrected chi connectivity index (χ4v) is 1.70. The zero-order chi connectivity index (χ0) is 13.8. The van der Waals surface area contributed by atoms with Gasteiger partial charge in [-0.3, -0.25) is 0 Å². The molecule has 1 aliphatic rings. The summed E-state index contributed by atoms with van der Waals surface area (Å²) in [5.74, 6) is -1.22. The molecule has 0 unspecified atom stereocenters. The Morgan fingerprint density at radius 3 is 2.28 bits per heavy atom. The smallest absolute Gasteiger partial charge is 0.331 e. The summed E-state index contributed by atoms with van der Waals surface area (Å²) in [5.41, 5.74) is -0.590. The Bertz CT molecular complexity index is 340. The summed E-state index contributed by atoms with van der Waals surface area (Å²) in [6.07, 6.45) is 3.16. The van der Waals surface area contributed by atoms with Crippen molar-refractivity contribution in [3.05, 3.63) is 12.2 Å². The zero-order valence-corrected chi connectivity index (χ0v) is 11.0. The molecule has 0 radical (unpaired) electrons. The molecule has 0 aromatic carbocycles. The first-order valence-electron chi connectivity index (χ1n) is 6.08. The summed E-state index contributed by atoms with van der Waals surface area (Å²) in [7, 11) is 0. The molecule has 1 fully saturated rings. The maximum Gasteiger partial charge on any atom is 0.331 e. The number of aliphatic hydroxyl groups is 1. The van der Waals surface area contributed by atoms with Crippen LogP contribution >= 0.6 is 0 Å². The van der Waals surface area contributed by atoms with E-state index in [1.165, 1.54) is 0 Å². The van der Waals surface area contributed by atoms with Gasteiger partial charge in [-0.1, -0.05) is 0 Å². The van der Waals surface area contributed by atoms with E-state index in [0.29, 0.717) is 12.8 Å². The van der Waals surface area contributed by atoms with Gasteiger partial charge in [0.15, 0.2) is 0 Å². The Kier molecular flexibility index (Phi) is 4.90. The van der Waals surface area contributed by atoms with E-state index < -0.39 is 29.7 Å². The third-order valence-corrected chi connectivity index (χ3v) is 2.45. The third-order valence-electron chi connectivity index (χ3n) is 2.45. The Morgan fingerprint density at radius 2 is 1.78 bits per heavy atom. The number of carbonyl (C=O) groups excluding carboxylic acids is 2. The topological polar surface area (TPSA) is 72.8 Å². The molecule has 0 amide bonds.